The third-order valence-electron chi connectivity index (χ3n) is 3.37. The minimum atomic E-state index is -0.581. The van der Waals surface area contributed by atoms with E-state index in [0.717, 1.165) is 31.4 Å². The average Bonchev–Trinajstić information content (AvgIpc) is 2.80. The van der Waals surface area contributed by atoms with Crippen LogP contribution >= 0.6 is 15.9 Å². The molecule has 0 aromatic heterocycles. The van der Waals surface area contributed by atoms with Crippen LogP contribution in [0, 0.1) is 21.8 Å². The number of hydrogen-bond donors (Lipinski definition) is 1. The van der Waals surface area contributed by atoms with Gasteiger partial charge in [-0.1, -0.05) is 0 Å². The lowest BCUT2D eigenvalue weighted by molar-refractivity contribution is -0.386. The van der Waals surface area contributed by atoms with Gasteiger partial charge in [-0.15, -0.1) is 0 Å². The SMILES string of the molecule is NCC1CCCC1Oc1cc(F)c(Br)cc1[N+](=O)[O-]. The van der Waals surface area contributed by atoms with Crippen molar-refractivity contribution in [1.82, 2.24) is 0 Å². The fourth-order valence-electron chi connectivity index (χ4n) is 2.35. The van der Waals surface area contributed by atoms with Crippen LogP contribution in [0.4, 0.5) is 10.1 Å². The van der Waals surface area contributed by atoms with Gasteiger partial charge in [-0.25, -0.2) is 4.39 Å². The number of ether oxygens (including phenoxy) is 1. The fourth-order valence-corrected chi connectivity index (χ4v) is 2.68. The van der Waals surface area contributed by atoms with Crippen molar-refractivity contribution < 1.29 is 14.1 Å². The van der Waals surface area contributed by atoms with Crippen molar-refractivity contribution >= 4 is 21.6 Å². The van der Waals surface area contributed by atoms with Crippen LogP contribution in [0.25, 0.3) is 0 Å². The summed E-state index contributed by atoms with van der Waals surface area (Å²) in [6, 6.07) is 2.17. The molecule has 2 atom stereocenters. The van der Waals surface area contributed by atoms with E-state index >= 15 is 0 Å². The van der Waals surface area contributed by atoms with Crippen LogP contribution in [0.1, 0.15) is 19.3 Å². The number of rotatable bonds is 4. The summed E-state index contributed by atoms with van der Waals surface area (Å²) >= 11 is 2.93. The van der Waals surface area contributed by atoms with Crippen molar-refractivity contribution in [2.75, 3.05) is 6.54 Å². The summed E-state index contributed by atoms with van der Waals surface area (Å²) in [5.74, 6) is -0.440. The molecular formula is C12H14BrFN2O3. The minimum Gasteiger partial charge on any atom is -0.483 e. The molecule has 0 heterocycles. The summed E-state index contributed by atoms with van der Waals surface area (Å²) in [6.07, 6.45) is 2.52. The van der Waals surface area contributed by atoms with Gasteiger partial charge in [0.05, 0.1) is 9.40 Å². The Labute approximate surface area is 118 Å². The molecule has 0 saturated heterocycles. The molecule has 1 fully saturated rings. The van der Waals surface area contributed by atoms with E-state index in [1.807, 2.05) is 0 Å². The Bertz CT molecular complexity index is 498. The van der Waals surface area contributed by atoms with E-state index in [4.69, 9.17) is 10.5 Å². The highest BCUT2D eigenvalue weighted by atomic mass is 79.9. The Morgan fingerprint density at radius 3 is 2.89 bits per heavy atom. The lowest BCUT2D eigenvalue weighted by atomic mass is 10.1. The first-order valence-corrected chi connectivity index (χ1v) is 6.82. The predicted molar refractivity (Wildman–Crippen MR) is 71.6 cm³/mol. The molecule has 2 N–H and O–H groups in total. The number of nitrogens with two attached hydrogens (primary N) is 1. The van der Waals surface area contributed by atoms with Crippen molar-refractivity contribution in [3.05, 3.63) is 32.5 Å². The van der Waals surface area contributed by atoms with E-state index in [-0.39, 0.29) is 27.9 Å². The van der Waals surface area contributed by atoms with E-state index in [1.165, 1.54) is 0 Å². The van der Waals surface area contributed by atoms with Crippen LogP contribution in [0.3, 0.4) is 0 Å². The summed E-state index contributed by atoms with van der Waals surface area (Å²) in [5, 5.41) is 11.0. The lowest BCUT2D eigenvalue weighted by Crippen LogP contribution is -2.27. The molecule has 1 aliphatic carbocycles. The molecule has 19 heavy (non-hydrogen) atoms. The lowest BCUT2D eigenvalue weighted by Gasteiger charge is -2.19. The normalized spacial score (nSPS) is 22.5. The molecule has 0 spiro atoms. The van der Waals surface area contributed by atoms with Gasteiger partial charge in [0.1, 0.15) is 11.9 Å². The maximum Gasteiger partial charge on any atom is 0.312 e. The van der Waals surface area contributed by atoms with Gasteiger partial charge in [0.15, 0.2) is 5.75 Å². The summed E-state index contributed by atoms with van der Waals surface area (Å²) in [7, 11) is 0. The molecule has 1 aromatic rings. The summed E-state index contributed by atoms with van der Waals surface area (Å²) in [6.45, 7) is 0.470. The minimum absolute atomic E-state index is 0.0314. The molecule has 7 heteroatoms. The molecule has 104 valence electrons. The van der Waals surface area contributed by atoms with E-state index < -0.39 is 10.7 Å². The van der Waals surface area contributed by atoms with E-state index in [0.29, 0.717) is 6.54 Å². The van der Waals surface area contributed by atoms with Crippen LogP contribution in [0.15, 0.2) is 16.6 Å². The second-order valence-electron chi connectivity index (χ2n) is 4.57. The largest absolute Gasteiger partial charge is 0.483 e. The summed E-state index contributed by atoms with van der Waals surface area (Å²) in [5.41, 5.74) is 5.39. The molecule has 2 rings (SSSR count). The fraction of sp³-hybridized carbons (Fsp3) is 0.500. The Kier molecular flexibility index (Phi) is 4.36. The zero-order valence-electron chi connectivity index (χ0n) is 10.1. The molecule has 1 aromatic carbocycles. The number of halogens is 2. The highest BCUT2D eigenvalue weighted by molar-refractivity contribution is 9.10. The van der Waals surface area contributed by atoms with Crippen molar-refractivity contribution in [3.63, 3.8) is 0 Å². The maximum atomic E-state index is 13.5. The summed E-state index contributed by atoms with van der Waals surface area (Å²) in [4.78, 5) is 10.4. The van der Waals surface area contributed by atoms with Crippen molar-refractivity contribution in [1.29, 1.82) is 0 Å². The molecule has 0 radical (unpaired) electrons. The van der Waals surface area contributed by atoms with Crippen LogP contribution < -0.4 is 10.5 Å². The van der Waals surface area contributed by atoms with Crippen LogP contribution in [-0.2, 0) is 0 Å². The standard InChI is InChI=1S/C12H14BrFN2O3/c13-8-4-10(16(17)18)12(5-9(8)14)19-11-3-1-2-7(11)6-15/h4-5,7,11H,1-3,6,15H2. The number of benzene rings is 1. The van der Waals surface area contributed by atoms with Gasteiger partial charge in [0.2, 0.25) is 0 Å². The number of hydrogen-bond acceptors (Lipinski definition) is 4. The number of nitrogens with zero attached hydrogens (tertiary/aromatic N) is 1. The Morgan fingerprint density at radius 2 is 2.26 bits per heavy atom. The molecule has 0 amide bonds. The zero-order chi connectivity index (χ0) is 14.0. The first-order chi connectivity index (χ1) is 9.02. The quantitative estimate of drug-likeness (QED) is 0.679. The smallest absolute Gasteiger partial charge is 0.312 e. The molecular weight excluding hydrogens is 319 g/mol. The van der Waals surface area contributed by atoms with Crippen LogP contribution in [-0.4, -0.2) is 17.6 Å². The van der Waals surface area contributed by atoms with Crippen molar-refractivity contribution in [2.24, 2.45) is 11.7 Å². The highest BCUT2D eigenvalue weighted by Crippen LogP contribution is 2.36. The van der Waals surface area contributed by atoms with E-state index in [9.17, 15) is 14.5 Å². The Hall–Kier alpha value is -1.21. The molecule has 0 bridgehead atoms. The van der Waals surface area contributed by atoms with E-state index in [1.54, 1.807) is 0 Å². The predicted octanol–water partition coefficient (Wildman–Crippen LogP) is 3.00. The highest BCUT2D eigenvalue weighted by Gasteiger charge is 2.30. The van der Waals surface area contributed by atoms with Gasteiger partial charge >= 0.3 is 5.69 Å². The zero-order valence-corrected chi connectivity index (χ0v) is 11.7. The van der Waals surface area contributed by atoms with Gasteiger partial charge in [0, 0.05) is 18.1 Å². The molecule has 1 aliphatic rings. The second kappa shape index (κ2) is 5.83. The summed E-state index contributed by atoms with van der Waals surface area (Å²) < 4.78 is 19.2. The van der Waals surface area contributed by atoms with Gasteiger partial charge in [-0.3, -0.25) is 10.1 Å². The first kappa shape index (κ1) is 14.2. The maximum absolute atomic E-state index is 13.5. The van der Waals surface area contributed by atoms with E-state index in [2.05, 4.69) is 15.9 Å². The number of nitro groups is 1. The van der Waals surface area contributed by atoms with Crippen LogP contribution in [0.5, 0.6) is 5.75 Å². The van der Waals surface area contributed by atoms with Gasteiger partial charge in [-0.2, -0.15) is 0 Å². The van der Waals surface area contributed by atoms with Crippen LogP contribution in [0.2, 0.25) is 0 Å². The topological polar surface area (TPSA) is 78.4 Å². The third kappa shape index (κ3) is 3.03. The Morgan fingerprint density at radius 1 is 1.53 bits per heavy atom. The second-order valence-corrected chi connectivity index (χ2v) is 5.43. The Balaban J connectivity index is 2.28. The number of nitro benzene ring substituents is 1. The van der Waals surface area contributed by atoms with Gasteiger partial charge < -0.3 is 10.5 Å². The van der Waals surface area contributed by atoms with Gasteiger partial charge in [-0.05, 0) is 41.7 Å². The molecule has 0 aliphatic heterocycles. The molecule has 1 saturated carbocycles. The third-order valence-corrected chi connectivity index (χ3v) is 3.98. The molecule has 5 nitrogen and oxygen atoms in total. The molecule has 2 unspecified atom stereocenters. The van der Waals surface area contributed by atoms with Crippen molar-refractivity contribution in [2.45, 2.75) is 25.4 Å². The van der Waals surface area contributed by atoms with Crippen molar-refractivity contribution in [3.8, 4) is 5.75 Å². The first-order valence-electron chi connectivity index (χ1n) is 6.03. The average molecular weight is 333 g/mol. The monoisotopic (exact) mass is 332 g/mol. The van der Waals surface area contributed by atoms with Gasteiger partial charge in [0.25, 0.3) is 0 Å².